The molecule has 2 aromatic heterocycles. The first-order valence-corrected chi connectivity index (χ1v) is 15.5. The van der Waals surface area contributed by atoms with Crippen molar-refractivity contribution in [2.24, 2.45) is 0 Å². The summed E-state index contributed by atoms with van der Waals surface area (Å²) in [4.78, 5) is 18.1. The Morgan fingerprint density at radius 1 is 0.805 bits per heavy atom. The number of anilines is 2. The predicted molar refractivity (Wildman–Crippen MR) is 173 cm³/mol. The molecule has 210 valence electrons. The van der Waals surface area contributed by atoms with Crippen molar-refractivity contribution in [3.8, 4) is 21.8 Å². The molecule has 6 rings (SSSR count). The minimum Gasteiger partial charge on any atom is -0.362 e. The average Bonchev–Trinajstić information content (AvgIpc) is 3.42. The van der Waals surface area contributed by atoms with Crippen LogP contribution in [0.15, 0.2) is 78.9 Å². The molecule has 0 bridgehead atoms. The van der Waals surface area contributed by atoms with Crippen molar-refractivity contribution < 1.29 is 0 Å². The number of hydrogen-bond acceptors (Lipinski definition) is 7. The van der Waals surface area contributed by atoms with E-state index in [1.54, 1.807) is 11.3 Å². The van der Waals surface area contributed by atoms with Gasteiger partial charge < -0.3 is 15.5 Å². The van der Waals surface area contributed by atoms with Crippen LogP contribution in [-0.2, 0) is 6.42 Å². The third-order valence-corrected chi connectivity index (χ3v) is 9.10. The van der Waals surface area contributed by atoms with Crippen LogP contribution < -0.4 is 15.5 Å². The highest BCUT2D eigenvalue weighted by molar-refractivity contribution is 7.15. The zero-order chi connectivity index (χ0) is 28.2. The zero-order valence-corrected chi connectivity index (χ0v) is 25.1. The highest BCUT2D eigenvalue weighted by Gasteiger charge is 2.22. The van der Waals surface area contributed by atoms with E-state index in [1.165, 1.54) is 4.88 Å². The summed E-state index contributed by atoms with van der Waals surface area (Å²) in [5.41, 5.74) is 4.31. The summed E-state index contributed by atoms with van der Waals surface area (Å²) < 4.78 is 0. The zero-order valence-electron chi connectivity index (χ0n) is 23.5. The highest BCUT2D eigenvalue weighted by Crippen LogP contribution is 2.35. The fourth-order valence-electron chi connectivity index (χ4n) is 5.54. The second-order valence-corrected chi connectivity index (χ2v) is 12.4. The third kappa shape index (κ3) is 6.53. The Morgan fingerprint density at radius 3 is 2.27 bits per heavy atom. The van der Waals surface area contributed by atoms with Crippen LogP contribution in [0.4, 0.5) is 11.8 Å². The van der Waals surface area contributed by atoms with Crippen molar-refractivity contribution in [2.75, 3.05) is 30.9 Å². The molecule has 1 fully saturated rings. The van der Waals surface area contributed by atoms with Crippen LogP contribution in [0.3, 0.4) is 0 Å². The quantitative estimate of drug-likeness (QED) is 0.186. The summed E-state index contributed by atoms with van der Waals surface area (Å²) in [7, 11) is 4.06. The maximum atomic E-state index is 6.17. The second-order valence-electron chi connectivity index (χ2n) is 10.8. The number of nitrogens with zero attached hydrogens (tertiary/aromatic N) is 4. The van der Waals surface area contributed by atoms with Gasteiger partial charge in [0.1, 0.15) is 10.8 Å². The van der Waals surface area contributed by atoms with Gasteiger partial charge in [0.25, 0.3) is 0 Å². The monoisotopic (exact) mass is 582 g/mol. The van der Waals surface area contributed by atoms with Gasteiger partial charge in [-0.15, -0.1) is 11.3 Å². The molecule has 1 aliphatic rings. The number of aromatic nitrogens is 3. The molecule has 0 saturated heterocycles. The van der Waals surface area contributed by atoms with Gasteiger partial charge in [0.2, 0.25) is 5.95 Å². The predicted octanol–water partition coefficient (Wildman–Crippen LogP) is 7.70. The molecular weight excluding hydrogens is 548 g/mol. The maximum Gasteiger partial charge on any atom is 0.225 e. The first-order valence-electron chi connectivity index (χ1n) is 14.3. The van der Waals surface area contributed by atoms with E-state index in [-0.39, 0.29) is 0 Å². The van der Waals surface area contributed by atoms with Crippen molar-refractivity contribution in [1.29, 1.82) is 0 Å². The number of para-hydroxylation sites is 1. The van der Waals surface area contributed by atoms with Crippen LogP contribution in [0.25, 0.3) is 32.7 Å². The van der Waals surface area contributed by atoms with Gasteiger partial charge in [-0.05, 0) is 56.4 Å². The fourth-order valence-corrected chi connectivity index (χ4v) is 6.75. The molecule has 2 heterocycles. The smallest absolute Gasteiger partial charge is 0.225 e. The first-order chi connectivity index (χ1) is 20.0. The summed E-state index contributed by atoms with van der Waals surface area (Å²) in [6.07, 6.45) is 5.40. The topological polar surface area (TPSA) is 66.0 Å². The number of nitrogens with one attached hydrogen (secondary N) is 2. The highest BCUT2D eigenvalue weighted by atomic mass is 35.5. The number of thiazole rings is 1. The lowest BCUT2D eigenvalue weighted by Crippen LogP contribution is -2.38. The minimum atomic E-state index is 0.385. The largest absolute Gasteiger partial charge is 0.362 e. The lowest BCUT2D eigenvalue weighted by Gasteiger charge is -2.30. The van der Waals surface area contributed by atoms with E-state index in [4.69, 9.17) is 26.6 Å². The molecule has 0 atom stereocenters. The van der Waals surface area contributed by atoms with Gasteiger partial charge in [0, 0.05) is 59.1 Å². The Morgan fingerprint density at radius 2 is 1.51 bits per heavy atom. The standard InChI is InChI=1S/C33H35ClN6S/c1-40(2)31-27-10-6-7-11-28(27)37-33(39-31)36-26-18-16-25(17-19-26)35-21-20-29-30(22-12-14-24(34)15-13-22)38-32(41-29)23-8-4-3-5-9-23/h3-15,25-26,35H,16-21H2,1-2H3,(H,36,37,39). The number of benzene rings is 3. The van der Waals surface area contributed by atoms with Crippen molar-refractivity contribution >= 4 is 45.6 Å². The summed E-state index contributed by atoms with van der Waals surface area (Å²) in [5.74, 6) is 1.67. The van der Waals surface area contributed by atoms with E-state index in [2.05, 4.69) is 64.1 Å². The molecule has 6 nitrogen and oxygen atoms in total. The molecule has 2 N–H and O–H groups in total. The summed E-state index contributed by atoms with van der Waals surface area (Å²) in [5, 5.41) is 10.3. The Labute approximate surface area is 250 Å². The van der Waals surface area contributed by atoms with Crippen LogP contribution in [0.2, 0.25) is 5.02 Å². The minimum absolute atomic E-state index is 0.385. The molecule has 8 heteroatoms. The van der Waals surface area contributed by atoms with E-state index in [9.17, 15) is 0 Å². The van der Waals surface area contributed by atoms with Crippen molar-refractivity contribution in [3.05, 3.63) is 88.8 Å². The third-order valence-electron chi connectivity index (χ3n) is 7.69. The van der Waals surface area contributed by atoms with E-state index in [1.807, 2.05) is 44.4 Å². The number of rotatable bonds is 9. The van der Waals surface area contributed by atoms with E-state index < -0.39 is 0 Å². The summed E-state index contributed by atoms with van der Waals surface area (Å²) in [6.45, 7) is 0.930. The summed E-state index contributed by atoms with van der Waals surface area (Å²) >= 11 is 7.96. The lowest BCUT2D eigenvalue weighted by atomic mass is 9.91. The van der Waals surface area contributed by atoms with Gasteiger partial charge in [-0.2, -0.15) is 4.98 Å². The van der Waals surface area contributed by atoms with Gasteiger partial charge in [-0.3, -0.25) is 0 Å². The van der Waals surface area contributed by atoms with Gasteiger partial charge in [0.05, 0.1) is 11.2 Å². The van der Waals surface area contributed by atoms with Gasteiger partial charge >= 0.3 is 0 Å². The Bertz CT molecular complexity index is 1590. The van der Waals surface area contributed by atoms with Crippen LogP contribution in [0, 0.1) is 0 Å². The normalized spacial score (nSPS) is 17.0. The van der Waals surface area contributed by atoms with Crippen LogP contribution >= 0.6 is 22.9 Å². The molecule has 0 amide bonds. The molecule has 0 radical (unpaired) electrons. The van der Waals surface area contributed by atoms with E-state index in [0.717, 1.165) is 88.2 Å². The van der Waals surface area contributed by atoms with Crippen LogP contribution in [0.5, 0.6) is 0 Å². The second kappa shape index (κ2) is 12.6. The molecule has 0 unspecified atom stereocenters. The Balaban J connectivity index is 1.07. The molecule has 0 spiro atoms. The van der Waals surface area contributed by atoms with E-state index >= 15 is 0 Å². The van der Waals surface area contributed by atoms with Gasteiger partial charge in [0.15, 0.2) is 0 Å². The number of halogens is 1. The Hall–Kier alpha value is -3.52. The average molecular weight is 583 g/mol. The van der Waals surface area contributed by atoms with Gasteiger partial charge in [-0.25, -0.2) is 9.97 Å². The maximum absolute atomic E-state index is 6.17. The molecule has 5 aromatic rings. The van der Waals surface area contributed by atoms with Crippen LogP contribution in [-0.4, -0.2) is 47.7 Å². The first kappa shape index (κ1) is 27.6. The molecule has 41 heavy (non-hydrogen) atoms. The van der Waals surface area contributed by atoms with E-state index in [0.29, 0.717) is 12.1 Å². The SMILES string of the molecule is CN(C)c1nc(NC2CCC(NCCc3sc(-c4ccccc4)nc3-c3ccc(Cl)cc3)CC2)nc2ccccc12. The van der Waals surface area contributed by atoms with Crippen molar-refractivity contribution in [1.82, 2.24) is 20.3 Å². The van der Waals surface area contributed by atoms with Gasteiger partial charge in [-0.1, -0.05) is 66.2 Å². The van der Waals surface area contributed by atoms with Crippen molar-refractivity contribution in [2.45, 2.75) is 44.2 Å². The molecule has 1 aliphatic carbocycles. The summed E-state index contributed by atoms with van der Waals surface area (Å²) in [6, 6.07) is 27.6. The molecule has 0 aliphatic heterocycles. The lowest BCUT2D eigenvalue weighted by molar-refractivity contribution is 0.355. The molecule has 3 aromatic carbocycles. The number of hydrogen-bond donors (Lipinski definition) is 2. The molecule has 1 saturated carbocycles. The van der Waals surface area contributed by atoms with Crippen LogP contribution in [0.1, 0.15) is 30.6 Å². The number of fused-ring (bicyclic) bond motifs is 1. The Kier molecular flexibility index (Phi) is 8.46. The molecular formula is C33H35ClN6S. The van der Waals surface area contributed by atoms with Crippen molar-refractivity contribution in [3.63, 3.8) is 0 Å². The fraction of sp³-hybridized carbons (Fsp3) is 0.303.